The minimum atomic E-state index is -2.93. The van der Waals surface area contributed by atoms with Crippen LogP contribution in [0.25, 0.3) is 10.9 Å². The van der Waals surface area contributed by atoms with Gasteiger partial charge in [-0.2, -0.15) is 11.8 Å². The molecule has 2 fully saturated rings. The number of alkyl halides is 2. The van der Waals surface area contributed by atoms with Gasteiger partial charge in [0.15, 0.2) is 5.82 Å². The van der Waals surface area contributed by atoms with E-state index in [0.29, 0.717) is 36.6 Å². The van der Waals surface area contributed by atoms with E-state index in [1.807, 2.05) is 0 Å². The van der Waals surface area contributed by atoms with Crippen molar-refractivity contribution >= 4 is 22.7 Å². The van der Waals surface area contributed by atoms with E-state index in [1.165, 1.54) is 12.1 Å². The number of nitrogens with zero attached hydrogens (tertiary/aromatic N) is 3. The van der Waals surface area contributed by atoms with Crippen molar-refractivity contribution in [1.29, 1.82) is 0 Å². The number of piperidine rings is 1. The van der Waals surface area contributed by atoms with E-state index in [-0.39, 0.29) is 30.5 Å². The van der Waals surface area contributed by atoms with Crippen LogP contribution in [0.15, 0.2) is 23.0 Å². The molecule has 0 radical (unpaired) electrons. The van der Waals surface area contributed by atoms with Crippen molar-refractivity contribution in [2.75, 3.05) is 40.0 Å². The van der Waals surface area contributed by atoms with Crippen LogP contribution in [0.4, 0.5) is 13.2 Å². The second kappa shape index (κ2) is 9.38. The van der Waals surface area contributed by atoms with E-state index in [9.17, 15) is 18.0 Å². The van der Waals surface area contributed by atoms with Gasteiger partial charge in [0.05, 0.1) is 23.7 Å². The van der Waals surface area contributed by atoms with Gasteiger partial charge in [-0.1, -0.05) is 6.07 Å². The Labute approximate surface area is 182 Å². The highest BCUT2D eigenvalue weighted by Crippen LogP contribution is 2.32. The summed E-state index contributed by atoms with van der Waals surface area (Å²) in [5, 5.41) is 0.151. The molecule has 2 aliphatic rings. The Kier molecular flexibility index (Phi) is 6.78. The number of halogens is 3. The van der Waals surface area contributed by atoms with Crippen molar-refractivity contribution in [3.8, 4) is 0 Å². The highest BCUT2D eigenvalue weighted by atomic mass is 32.2. The molecule has 1 unspecified atom stereocenters. The van der Waals surface area contributed by atoms with E-state index in [4.69, 9.17) is 9.57 Å². The van der Waals surface area contributed by atoms with Crippen molar-refractivity contribution in [1.82, 2.24) is 14.6 Å². The lowest BCUT2D eigenvalue weighted by molar-refractivity contribution is -0.129. The topological polar surface area (TPSA) is 56.6 Å². The van der Waals surface area contributed by atoms with Crippen LogP contribution in [0.5, 0.6) is 0 Å². The average molecular weight is 458 g/mol. The van der Waals surface area contributed by atoms with Crippen LogP contribution in [-0.2, 0) is 10.5 Å². The number of thioether (sulfide) groups is 1. The largest absolute Gasteiger partial charge is 0.408 e. The molecule has 2 saturated heterocycles. The first-order valence-corrected chi connectivity index (χ1v) is 11.5. The number of likely N-dealkylation sites (tertiary alicyclic amines) is 1. The van der Waals surface area contributed by atoms with E-state index < -0.39 is 23.2 Å². The summed E-state index contributed by atoms with van der Waals surface area (Å²) in [4.78, 5) is 24.7. The molecule has 2 aliphatic heterocycles. The molecule has 0 saturated carbocycles. The van der Waals surface area contributed by atoms with Gasteiger partial charge in [0, 0.05) is 18.5 Å². The fraction of sp³-hybridized carbons (Fsp3) is 0.619. The standard InChI is InChI=1S/C21H26F3N3O3S/c1-26-8-5-14(21(23,24)13-26)11-30-27-18(12-31-15-6-9-29-10-7-15)25-17-4-2-3-16(22)19(17)20(27)28/h2-4,14-15H,5-13H2,1H3. The number of benzene rings is 1. The zero-order valence-electron chi connectivity index (χ0n) is 17.4. The zero-order valence-corrected chi connectivity index (χ0v) is 18.2. The van der Waals surface area contributed by atoms with Crippen LogP contribution in [0.3, 0.4) is 0 Å². The third-order valence-corrected chi connectivity index (χ3v) is 7.20. The number of hydrogen-bond donors (Lipinski definition) is 0. The summed E-state index contributed by atoms with van der Waals surface area (Å²) in [6.07, 6.45) is 2.03. The summed E-state index contributed by atoms with van der Waals surface area (Å²) in [5.41, 5.74) is -0.473. The summed E-state index contributed by atoms with van der Waals surface area (Å²) in [6.45, 7) is 1.20. The molecule has 0 spiro atoms. The molecule has 2 aromatic rings. The molecule has 1 aromatic carbocycles. The maximum Gasteiger partial charge on any atom is 0.297 e. The lowest BCUT2D eigenvalue weighted by Crippen LogP contribution is -2.50. The third kappa shape index (κ3) is 5.01. The Morgan fingerprint density at radius 1 is 1.29 bits per heavy atom. The molecule has 1 aromatic heterocycles. The second-order valence-corrected chi connectivity index (χ2v) is 9.45. The number of hydrogen-bond acceptors (Lipinski definition) is 6. The molecule has 6 nitrogen and oxygen atoms in total. The highest BCUT2D eigenvalue weighted by molar-refractivity contribution is 7.99. The van der Waals surface area contributed by atoms with Gasteiger partial charge in [-0.05, 0) is 45.0 Å². The molecule has 3 heterocycles. The Bertz CT molecular complexity index is 981. The van der Waals surface area contributed by atoms with Gasteiger partial charge in [-0.25, -0.2) is 18.2 Å². The van der Waals surface area contributed by atoms with Gasteiger partial charge in [-0.15, -0.1) is 4.73 Å². The SMILES string of the molecule is CN1CCC(COn2c(CSC3CCOCC3)nc3cccc(F)c3c2=O)C(F)(F)C1. The molecular formula is C21H26F3N3O3S. The first-order valence-electron chi connectivity index (χ1n) is 10.4. The van der Waals surface area contributed by atoms with Gasteiger partial charge in [0.2, 0.25) is 0 Å². The highest BCUT2D eigenvalue weighted by Gasteiger charge is 2.44. The quantitative estimate of drug-likeness (QED) is 0.665. The van der Waals surface area contributed by atoms with Crippen LogP contribution in [0, 0.1) is 11.7 Å². The predicted molar refractivity (Wildman–Crippen MR) is 113 cm³/mol. The molecule has 0 N–H and O–H groups in total. The second-order valence-electron chi connectivity index (χ2n) is 8.16. The molecule has 0 bridgehead atoms. The summed E-state index contributed by atoms with van der Waals surface area (Å²) in [6, 6.07) is 4.24. The summed E-state index contributed by atoms with van der Waals surface area (Å²) in [5.74, 6) is -4.00. The van der Waals surface area contributed by atoms with Crippen molar-refractivity contribution in [2.45, 2.75) is 36.2 Å². The Morgan fingerprint density at radius 3 is 2.81 bits per heavy atom. The molecule has 170 valence electrons. The Morgan fingerprint density at radius 2 is 2.06 bits per heavy atom. The summed E-state index contributed by atoms with van der Waals surface area (Å²) < 4.78 is 49.5. The maximum atomic E-state index is 14.4. The van der Waals surface area contributed by atoms with Crippen LogP contribution >= 0.6 is 11.8 Å². The van der Waals surface area contributed by atoms with E-state index in [0.717, 1.165) is 17.6 Å². The first kappa shape index (κ1) is 22.4. The number of aromatic nitrogens is 2. The van der Waals surface area contributed by atoms with Crippen LogP contribution in [-0.4, -0.2) is 65.7 Å². The Hall–Kier alpha value is -1.78. The zero-order chi connectivity index (χ0) is 22.0. The van der Waals surface area contributed by atoms with E-state index in [1.54, 1.807) is 29.8 Å². The Balaban J connectivity index is 1.60. The molecule has 0 amide bonds. The van der Waals surface area contributed by atoms with Gasteiger partial charge in [0.1, 0.15) is 17.8 Å². The van der Waals surface area contributed by atoms with Crippen LogP contribution < -0.4 is 10.4 Å². The molecule has 31 heavy (non-hydrogen) atoms. The normalized spacial score (nSPS) is 22.6. The third-order valence-electron chi connectivity index (χ3n) is 5.83. The summed E-state index contributed by atoms with van der Waals surface area (Å²) in [7, 11) is 1.65. The van der Waals surface area contributed by atoms with Gasteiger partial charge in [0.25, 0.3) is 11.5 Å². The molecular weight excluding hydrogens is 431 g/mol. The van der Waals surface area contributed by atoms with Crippen molar-refractivity contribution in [3.05, 3.63) is 40.2 Å². The lowest BCUT2D eigenvalue weighted by Gasteiger charge is -2.36. The molecule has 10 heteroatoms. The van der Waals surface area contributed by atoms with Gasteiger partial charge in [-0.3, -0.25) is 4.79 Å². The maximum absolute atomic E-state index is 14.4. The summed E-state index contributed by atoms with van der Waals surface area (Å²) >= 11 is 1.62. The van der Waals surface area contributed by atoms with E-state index >= 15 is 0 Å². The smallest absolute Gasteiger partial charge is 0.297 e. The fourth-order valence-electron chi connectivity index (χ4n) is 4.01. The van der Waals surface area contributed by atoms with E-state index in [2.05, 4.69) is 4.98 Å². The molecule has 1 atom stereocenters. The monoisotopic (exact) mass is 457 g/mol. The predicted octanol–water partition coefficient (Wildman–Crippen LogP) is 2.96. The lowest BCUT2D eigenvalue weighted by atomic mass is 9.94. The van der Waals surface area contributed by atoms with Crippen molar-refractivity contribution < 1.29 is 22.7 Å². The van der Waals surface area contributed by atoms with Crippen molar-refractivity contribution in [3.63, 3.8) is 0 Å². The first-order chi connectivity index (χ1) is 14.8. The minimum absolute atomic E-state index is 0.197. The average Bonchev–Trinajstić information content (AvgIpc) is 2.73. The molecule has 0 aliphatic carbocycles. The van der Waals surface area contributed by atoms with Crippen LogP contribution in [0.2, 0.25) is 0 Å². The van der Waals surface area contributed by atoms with Crippen molar-refractivity contribution in [2.24, 2.45) is 5.92 Å². The molecule has 4 rings (SSSR count). The number of fused-ring (bicyclic) bond motifs is 1. The van der Waals surface area contributed by atoms with Gasteiger partial charge >= 0.3 is 0 Å². The number of rotatable bonds is 6. The minimum Gasteiger partial charge on any atom is -0.408 e. The van der Waals surface area contributed by atoms with Crippen LogP contribution in [0.1, 0.15) is 25.1 Å². The fourth-order valence-corrected chi connectivity index (χ4v) is 5.10. The number of ether oxygens (including phenoxy) is 1. The van der Waals surface area contributed by atoms with Gasteiger partial charge < -0.3 is 14.5 Å².